The monoisotopic (exact) mass is 263 g/mol. The van der Waals surface area contributed by atoms with Gasteiger partial charge in [0.15, 0.2) is 0 Å². The molecule has 0 aliphatic heterocycles. The van der Waals surface area contributed by atoms with Gasteiger partial charge >= 0.3 is 0 Å². The Bertz CT molecular complexity index is 573. The number of benzene rings is 1. The topological polar surface area (TPSA) is 43.8 Å². The summed E-state index contributed by atoms with van der Waals surface area (Å²) in [6.45, 7) is 4.23. The van der Waals surface area contributed by atoms with Crippen molar-refractivity contribution < 1.29 is 0 Å². The lowest BCUT2D eigenvalue weighted by atomic mass is 10.0. The van der Waals surface area contributed by atoms with Crippen LogP contribution in [0, 0.1) is 13.8 Å². The number of aromatic nitrogens is 2. The summed E-state index contributed by atoms with van der Waals surface area (Å²) in [6.07, 6.45) is 1.75. The highest BCUT2D eigenvalue weighted by Gasteiger charge is 2.11. The molecule has 1 aromatic heterocycles. The fourth-order valence-electron chi connectivity index (χ4n) is 2.04. The van der Waals surface area contributed by atoms with Crippen molar-refractivity contribution in [2.45, 2.75) is 26.7 Å². The first kappa shape index (κ1) is 13.0. The fraction of sp³-hybridized carbons (Fsp3) is 0.357. The zero-order chi connectivity index (χ0) is 13.3. The standard InChI is InChI=1S/C14H18ClN3/c1-9-4-5-10(2)11(8-9)6-7-12-13(15)18(3)14(16)17-12/h4-5,8H,6-7H2,1-3H3,(H2,16,17). The Kier molecular flexibility index (Phi) is 3.62. The number of aryl methyl sites for hydroxylation is 4. The van der Waals surface area contributed by atoms with Gasteiger partial charge in [0.25, 0.3) is 0 Å². The van der Waals surface area contributed by atoms with Crippen LogP contribution in [-0.2, 0) is 19.9 Å². The minimum absolute atomic E-state index is 0.468. The lowest BCUT2D eigenvalue weighted by Crippen LogP contribution is -1.96. The van der Waals surface area contributed by atoms with Crippen molar-refractivity contribution in [2.24, 2.45) is 7.05 Å². The number of nitrogen functional groups attached to an aromatic ring is 1. The number of hydrogen-bond donors (Lipinski definition) is 1. The average Bonchev–Trinajstić information content (AvgIpc) is 2.58. The number of halogens is 1. The van der Waals surface area contributed by atoms with Gasteiger partial charge in [-0.15, -0.1) is 0 Å². The maximum absolute atomic E-state index is 6.17. The molecule has 0 radical (unpaired) electrons. The molecular weight excluding hydrogens is 246 g/mol. The third-order valence-electron chi connectivity index (χ3n) is 3.26. The summed E-state index contributed by atoms with van der Waals surface area (Å²) >= 11 is 6.17. The van der Waals surface area contributed by atoms with Crippen LogP contribution in [0.5, 0.6) is 0 Å². The number of imidazole rings is 1. The third kappa shape index (κ3) is 2.51. The molecule has 18 heavy (non-hydrogen) atoms. The van der Waals surface area contributed by atoms with E-state index in [0.29, 0.717) is 11.1 Å². The number of nitrogens with two attached hydrogens (primary N) is 1. The maximum atomic E-state index is 6.17. The van der Waals surface area contributed by atoms with Gasteiger partial charge in [-0.2, -0.15) is 0 Å². The molecule has 2 N–H and O–H groups in total. The summed E-state index contributed by atoms with van der Waals surface area (Å²) in [4.78, 5) is 4.29. The van der Waals surface area contributed by atoms with Crippen LogP contribution in [0.1, 0.15) is 22.4 Å². The summed E-state index contributed by atoms with van der Waals surface area (Å²) in [6, 6.07) is 6.50. The van der Waals surface area contributed by atoms with Gasteiger partial charge in [-0.05, 0) is 37.8 Å². The van der Waals surface area contributed by atoms with Crippen molar-refractivity contribution in [3.8, 4) is 0 Å². The molecule has 4 heteroatoms. The molecule has 0 aliphatic rings. The highest BCUT2D eigenvalue weighted by molar-refractivity contribution is 6.30. The predicted octanol–water partition coefficient (Wildman–Crippen LogP) is 3.06. The van der Waals surface area contributed by atoms with E-state index in [1.165, 1.54) is 16.7 Å². The van der Waals surface area contributed by atoms with Gasteiger partial charge in [-0.25, -0.2) is 4.98 Å². The first-order chi connectivity index (χ1) is 8.49. The van der Waals surface area contributed by atoms with Crippen molar-refractivity contribution in [2.75, 3.05) is 5.73 Å². The van der Waals surface area contributed by atoms with Crippen LogP contribution >= 0.6 is 11.6 Å². The van der Waals surface area contributed by atoms with Crippen molar-refractivity contribution in [3.05, 3.63) is 45.7 Å². The number of nitrogens with zero attached hydrogens (tertiary/aromatic N) is 2. The molecule has 0 bridgehead atoms. The lowest BCUT2D eigenvalue weighted by molar-refractivity contribution is 0.904. The lowest BCUT2D eigenvalue weighted by Gasteiger charge is -2.06. The number of anilines is 1. The van der Waals surface area contributed by atoms with Crippen LogP contribution in [0.25, 0.3) is 0 Å². The van der Waals surface area contributed by atoms with Gasteiger partial charge in [0.2, 0.25) is 5.95 Å². The Balaban J connectivity index is 2.16. The van der Waals surface area contributed by atoms with E-state index in [2.05, 4.69) is 37.0 Å². The van der Waals surface area contributed by atoms with Crippen LogP contribution in [0.15, 0.2) is 18.2 Å². The Morgan fingerprint density at radius 3 is 2.61 bits per heavy atom. The summed E-state index contributed by atoms with van der Waals surface area (Å²) in [7, 11) is 1.83. The van der Waals surface area contributed by atoms with Crippen LogP contribution in [0.3, 0.4) is 0 Å². The molecule has 0 spiro atoms. The molecule has 0 aliphatic carbocycles. The molecule has 2 aromatic rings. The molecule has 0 unspecified atom stereocenters. The number of rotatable bonds is 3. The van der Waals surface area contributed by atoms with Crippen LogP contribution in [0.2, 0.25) is 5.15 Å². The summed E-state index contributed by atoms with van der Waals surface area (Å²) < 4.78 is 1.71. The molecule has 0 amide bonds. The zero-order valence-corrected chi connectivity index (χ0v) is 11.8. The Morgan fingerprint density at radius 1 is 1.28 bits per heavy atom. The highest BCUT2D eigenvalue weighted by atomic mass is 35.5. The van der Waals surface area contributed by atoms with Gasteiger partial charge in [0.1, 0.15) is 5.15 Å². The second kappa shape index (κ2) is 5.02. The summed E-state index contributed by atoms with van der Waals surface area (Å²) in [5, 5.41) is 0.637. The summed E-state index contributed by atoms with van der Waals surface area (Å²) in [5.41, 5.74) is 10.5. The molecular formula is C14H18ClN3. The van der Waals surface area contributed by atoms with Crippen molar-refractivity contribution in [3.63, 3.8) is 0 Å². The SMILES string of the molecule is Cc1ccc(C)c(CCc2nc(N)n(C)c2Cl)c1. The Hall–Kier alpha value is -1.48. The minimum Gasteiger partial charge on any atom is -0.369 e. The van der Waals surface area contributed by atoms with Crippen molar-refractivity contribution >= 4 is 17.5 Å². The number of hydrogen-bond acceptors (Lipinski definition) is 2. The van der Waals surface area contributed by atoms with E-state index >= 15 is 0 Å². The van der Waals surface area contributed by atoms with Gasteiger partial charge in [-0.1, -0.05) is 35.4 Å². The molecule has 0 saturated heterocycles. The second-order valence-corrected chi connectivity index (χ2v) is 5.05. The van der Waals surface area contributed by atoms with Crippen molar-refractivity contribution in [1.29, 1.82) is 0 Å². The van der Waals surface area contributed by atoms with E-state index in [1.807, 2.05) is 7.05 Å². The van der Waals surface area contributed by atoms with E-state index in [0.717, 1.165) is 18.5 Å². The van der Waals surface area contributed by atoms with Gasteiger partial charge in [0, 0.05) is 7.05 Å². The van der Waals surface area contributed by atoms with Crippen molar-refractivity contribution in [1.82, 2.24) is 9.55 Å². The molecule has 0 saturated carbocycles. The Morgan fingerprint density at radius 2 is 2.00 bits per heavy atom. The van der Waals surface area contributed by atoms with Crippen LogP contribution < -0.4 is 5.73 Å². The Labute approximate surface area is 113 Å². The van der Waals surface area contributed by atoms with E-state index in [4.69, 9.17) is 17.3 Å². The van der Waals surface area contributed by atoms with E-state index in [-0.39, 0.29) is 0 Å². The van der Waals surface area contributed by atoms with E-state index < -0.39 is 0 Å². The predicted molar refractivity (Wildman–Crippen MR) is 76.0 cm³/mol. The largest absolute Gasteiger partial charge is 0.369 e. The van der Waals surface area contributed by atoms with Gasteiger partial charge in [-0.3, -0.25) is 0 Å². The first-order valence-electron chi connectivity index (χ1n) is 6.01. The fourth-order valence-corrected chi connectivity index (χ4v) is 2.26. The molecule has 0 fully saturated rings. The average molecular weight is 264 g/mol. The van der Waals surface area contributed by atoms with Gasteiger partial charge < -0.3 is 10.3 Å². The quantitative estimate of drug-likeness (QED) is 0.925. The first-order valence-corrected chi connectivity index (χ1v) is 6.39. The molecule has 0 atom stereocenters. The second-order valence-electron chi connectivity index (χ2n) is 4.70. The van der Waals surface area contributed by atoms with Gasteiger partial charge in [0.05, 0.1) is 5.69 Å². The molecule has 1 aromatic carbocycles. The maximum Gasteiger partial charge on any atom is 0.201 e. The normalized spacial score (nSPS) is 10.9. The molecule has 96 valence electrons. The highest BCUT2D eigenvalue weighted by Crippen LogP contribution is 2.20. The third-order valence-corrected chi connectivity index (χ3v) is 3.73. The summed E-state index contributed by atoms with van der Waals surface area (Å²) in [5.74, 6) is 0.468. The smallest absolute Gasteiger partial charge is 0.201 e. The van der Waals surface area contributed by atoms with Crippen LogP contribution in [-0.4, -0.2) is 9.55 Å². The van der Waals surface area contributed by atoms with E-state index in [1.54, 1.807) is 4.57 Å². The van der Waals surface area contributed by atoms with Crippen LogP contribution in [0.4, 0.5) is 5.95 Å². The molecule has 1 heterocycles. The minimum atomic E-state index is 0.468. The van der Waals surface area contributed by atoms with E-state index in [9.17, 15) is 0 Å². The molecule has 3 nitrogen and oxygen atoms in total. The molecule has 2 rings (SSSR count). The zero-order valence-electron chi connectivity index (χ0n) is 11.0.